The number of aromatic carboxylic acids is 1. The Kier molecular flexibility index (Phi) is 3.65. The van der Waals surface area contributed by atoms with Gasteiger partial charge in [0.1, 0.15) is 0 Å². The fourth-order valence-electron chi connectivity index (χ4n) is 3.65. The lowest BCUT2D eigenvalue weighted by Gasteiger charge is -2.28. The lowest BCUT2D eigenvalue weighted by Crippen LogP contribution is -2.41. The molecule has 3 nitrogen and oxygen atoms in total. The molecular formula is C21H13F3O3. The van der Waals surface area contributed by atoms with Crippen molar-refractivity contribution in [3.63, 3.8) is 0 Å². The summed E-state index contributed by atoms with van der Waals surface area (Å²) in [6.07, 6.45) is -4.93. The van der Waals surface area contributed by atoms with Crippen molar-refractivity contribution < 1.29 is 28.2 Å². The molecule has 0 fully saturated rings. The highest BCUT2D eigenvalue weighted by atomic mass is 19.4. The lowest BCUT2D eigenvalue weighted by molar-refractivity contribution is -0.246. The molecular weight excluding hydrogens is 357 g/mol. The van der Waals surface area contributed by atoms with Crippen LogP contribution in [0.1, 0.15) is 21.5 Å². The molecule has 0 bridgehead atoms. The fourth-order valence-corrected chi connectivity index (χ4v) is 3.65. The third-order valence-electron chi connectivity index (χ3n) is 4.90. The van der Waals surface area contributed by atoms with Crippen LogP contribution in [0.3, 0.4) is 0 Å². The molecule has 0 radical (unpaired) electrons. The van der Waals surface area contributed by atoms with Gasteiger partial charge in [-0.1, -0.05) is 54.6 Å². The van der Waals surface area contributed by atoms with Crippen molar-refractivity contribution in [2.45, 2.75) is 11.8 Å². The fraction of sp³-hybridized carbons (Fsp3) is 0.0952. The molecule has 4 rings (SSSR count). The van der Waals surface area contributed by atoms with Gasteiger partial charge in [-0.2, -0.15) is 13.2 Å². The first-order valence-corrected chi connectivity index (χ1v) is 8.11. The van der Waals surface area contributed by atoms with E-state index in [1.54, 1.807) is 24.3 Å². The van der Waals surface area contributed by atoms with E-state index in [0.29, 0.717) is 11.1 Å². The summed E-state index contributed by atoms with van der Waals surface area (Å²) < 4.78 is 41.7. The first-order valence-electron chi connectivity index (χ1n) is 8.11. The Morgan fingerprint density at radius 3 is 2.07 bits per heavy atom. The second-order valence-corrected chi connectivity index (χ2v) is 6.36. The molecule has 136 valence electrons. The topological polar surface area (TPSA) is 57.5 Å². The third kappa shape index (κ3) is 2.37. The highest BCUT2D eigenvalue weighted by molar-refractivity contribution is 5.96. The van der Waals surface area contributed by atoms with E-state index in [2.05, 4.69) is 0 Å². The van der Waals surface area contributed by atoms with E-state index in [-0.39, 0.29) is 27.8 Å². The van der Waals surface area contributed by atoms with Gasteiger partial charge in [-0.15, -0.1) is 0 Å². The zero-order valence-electron chi connectivity index (χ0n) is 13.8. The van der Waals surface area contributed by atoms with Crippen molar-refractivity contribution in [3.05, 3.63) is 83.4 Å². The molecule has 0 saturated carbocycles. The Labute approximate surface area is 152 Å². The number of hydrogen-bond acceptors (Lipinski definition) is 2. The maximum absolute atomic E-state index is 13.9. The molecule has 1 unspecified atom stereocenters. The average Bonchev–Trinajstić information content (AvgIpc) is 2.91. The highest BCUT2D eigenvalue weighted by Gasteiger charge is 2.60. The second-order valence-electron chi connectivity index (χ2n) is 6.36. The van der Waals surface area contributed by atoms with E-state index in [9.17, 15) is 28.2 Å². The summed E-state index contributed by atoms with van der Waals surface area (Å²) in [5.41, 5.74) is -2.52. The van der Waals surface area contributed by atoms with Gasteiger partial charge in [0.05, 0.1) is 5.56 Å². The number of rotatable bonds is 2. The number of aliphatic hydroxyl groups is 1. The van der Waals surface area contributed by atoms with Gasteiger partial charge in [-0.25, -0.2) is 4.79 Å². The molecule has 0 aromatic heterocycles. The molecule has 0 aliphatic heterocycles. The van der Waals surface area contributed by atoms with Gasteiger partial charge in [0.25, 0.3) is 0 Å². The molecule has 1 aliphatic carbocycles. The summed E-state index contributed by atoms with van der Waals surface area (Å²) in [4.78, 5) is 11.5. The van der Waals surface area contributed by atoms with E-state index >= 15 is 0 Å². The van der Waals surface area contributed by atoms with Gasteiger partial charge in [0.15, 0.2) is 0 Å². The molecule has 2 N–H and O–H groups in total. The van der Waals surface area contributed by atoms with Crippen LogP contribution in [-0.2, 0) is 5.60 Å². The van der Waals surface area contributed by atoms with E-state index in [1.165, 1.54) is 42.5 Å². The predicted octanol–water partition coefficient (Wildman–Crippen LogP) is 4.83. The normalized spacial score (nSPS) is 18.1. The number of halogens is 3. The molecule has 1 aliphatic rings. The Hall–Kier alpha value is -3.12. The van der Waals surface area contributed by atoms with Crippen LogP contribution >= 0.6 is 0 Å². The van der Waals surface area contributed by atoms with Crippen LogP contribution in [0.4, 0.5) is 13.2 Å². The van der Waals surface area contributed by atoms with Gasteiger partial charge in [-0.3, -0.25) is 0 Å². The van der Waals surface area contributed by atoms with Crippen LogP contribution in [0.5, 0.6) is 0 Å². The SMILES string of the molecule is O=C(O)c1ccccc1-c1ccc2c(c1)C(O)(C(F)(F)F)c1ccccc1-2. The number of carboxylic acid groups (broad SMARTS) is 1. The minimum atomic E-state index is -4.93. The molecule has 0 spiro atoms. The highest BCUT2D eigenvalue weighted by Crippen LogP contribution is 2.55. The molecule has 6 heteroatoms. The zero-order valence-corrected chi connectivity index (χ0v) is 13.8. The van der Waals surface area contributed by atoms with E-state index in [4.69, 9.17) is 0 Å². The molecule has 1 atom stereocenters. The predicted molar refractivity (Wildman–Crippen MR) is 93.3 cm³/mol. The van der Waals surface area contributed by atoms with Crippen molar-refractivity contribution >= 4 is 5.97 Å². The number of hydrogen-bond donors (Lipinski definition) is 2. The molecule has 3 aromatic rings. The standard InChI is InChI=1S/C21H13F3O3/c22-21(23,24)20(27)17-8-4-3-6-14(17)15-10-9-12(11-18(15)20)13-5-1-2-7-16(13)19(25)26/h1-11,27H,(H,25,26). The van der Waals surface area contributed by atoms with Crippen LogP contribution in [-0.4, -0.2) is 22.4 Å². The van der Waals surface area contributed by atoms with Crippen LogP contribution < -0.4 is 0 Å². The van der Waals surface area contributed by atoms with Gasteiger partial charge in [-0.05, 0) is 34.4 Å². The summed E-state index contributed by atoms with van der Waals surface area (Å²) in [5.74, 6) is -1.18. The molecule has 27 heavy (non-hydrogen) atoms. The Morgan fingerprint density at radius 1 is 0.815 bits per heavy atom. The largest absolute Gasteiger partial charge is 0.478 e. The average molecular weight is 370 g/mol. The maximum atomic E-state index is 13.9. The molecule has 3 aromatic carbocycles. The molecule has 0 amide bonds. The quantitative estimate of drug-likeness (QED) is 0.679. The van der Waals surface area contributed by atoms with Crippen molar-refractivity contribution in [1.29, 1.82) is 0 Å². The van der Waals surface area contributed by atoms with Gasteiger partial charge in [0, 0.05) is 11.1 Å². The smallest absolute Gasteiger partial charge is 0.425 e. The number of carboxylic acids is 1. The van der Waals surface area contributed by atoms with Gasteiger partial charge < -0.3 is 10.2 Å². The first-order chi connectivity index (χ1) is 12.7. The Balaban J connectivity index is 2.00. The zero-order chi connectivity index (χ0) is 19.4. The number of benzene rings is 3. The van der Waals surface area contributed by atoms with E-state index < -0.39 is 17.7 Å². The van der Waals surface area contributed by atoms with Gasteiger partial charge >= 0.3 is 12.1 Å². The summed E-state index contributed by atoms with van der Waals surface area (Å²) in [7, 11) is 0. The lowest BCUT2D eigenvalue weighted by atomic mass is 9.88. The van der Waals surface area contributed by atoms with Crippen LogP contribution in [0, 0.1) is 0 Å². The summed E-state index contributed by atoms with van der Waals surface area (Å²) in [5, 5.41) is 20.1. The number of alkyl halides is 3. The van der Waals surface area contributed by atoms with Crippen molar-refractivity contribution in [1.82, 2.24) is 0 Å². The van der Waals surface area contributed by atoms with Crippen LogP contribution in [0.2, 0.25) is 0 Å². The van der Waals surface area contributed by atoms with Crippen molar-refractivity contribution in [3.8, 4) is 22.3 Å². The molecule has 0 saturated heterocycles. The summed E-state index contributed by atoms with van der Waals surface area (Å²) in [6, 6.07) is 16.2. The number of carbonyl (C=O) groups is 1. The minimum Gasteiger partial charge on any atom is -0.478 e. The first kappa shape index (κ1) is 17.3. The summed E-state index contributed by atoms with van der Waals surface area (Å²) >= 11 is 0. The van der Waals surface area contributed by atoms with Gasteiger partial charge in [0.2, 0.25) is 5.60 Å². The summed E-state index contributed by atoms with van der Waals surface area (Å²) in [6.45, 7) is 0. The monoisotopic (exact) mass is 370 g/mol. The Morgan fingerprint density at radius 2 is 1.41 bits per heavy atom. The number of fused-ring (bicyclic) bond motifs is 3. The van der Waals surface area contributed by atoms with Crippen LogP contribution in [0.25, 0.3) is 22.3 Å². The minimum absolute atomic E-state index is 0.0245. The molecule has 0 heterocycles. The van der Waals surface area contributed by atoms with Crippen LogP contribution in [0.15, 0.2) is 66.7 Å². The Bertz CT molecular complexity index is 1070. The third-order valence-corrected chi connectivity index (χ3v) is 4.90. The van der Waals surface area contributed by atoms with E-state index in [1.807, 2.05) is 0 Å². The van der Waals surface area contributed by atoms with Crippen molar-refractivity contribution in [2.75, 3.05) is 0 Å². The second kappa shape index (κ2) is 5.69. The van der Waals surface area contributed by atoms with E-state index in [0.717, 1.165) is 0 Å². The van der Waals surface area contributed by atoms with Crippen molar-refractivity contribution in [2.24, 2.45) is 0 Å². The maximum Gasteiger partial charge on any atom is 0.425 e.